The summed E-state index contributed by atoms with van der Waals surface area (Å²) in [7, 11) is 0. The molecular formula is C17H19NO3. The number of ether oxygens (including phenoxy) is 1. The van der Waals surface area contributed by atoms with Crippen LogP contribution in [0.25, 0.3) is 10.9 Å². The summed E-state index contributed by atoms with van der Waals surface area (Å²) in [6.45, 7) is 6.90. The zero-order valence-corrected chi connectivity index (χ0v) is 12.1. The Bertz CT molecular complexity index is 716. The van der Waals surface area contributed by atoms with Crippen molar-refractivity contribution < 1.29 is 14.6 Å². The molecular weight excluding hydrogens is 266 g/mol. The van der Waals surface area contributed by atoms with Crippen molar-refractivity contribution in [2.45, 2.75) is 31.9 Å². The van der Waals surface area contributed by atoms with E-state index in [1.165, 1.54) is 10.9 Å². The largest absolute Gasteiger partial charge is 0.481 e. The van der Waals surface area contributed by atoms with Crippen molar-refractivity contribution in [1.29, 1.82) is 0 Å². The molecule has 0 amide bonds. The van der Waals surface area contributed by atoms with E-state index in [0.29, 0.717) is 13.2 Å². The minimum Gasteiger partial charge on any atom is -0.481 e. The Morgan fingerprint density at radius 3 is 3.00 bits per heavy atom. The van der Waals surface area contributed by atoms with Gasteiger partial charge in [0.1, 0.15) is 5.60 Å². The second-order valence-electron chi connectivity index (χ2n) is 5.64. The summed E-state index contributed by atoms with van der Waals surface area (Å²) < 4.78 is 8.02. The number of benzene rings is 1. The summed E-state index contributed by atoms with van der Waals surface area (Å²) in [6, 6.07) is 8.19. The van der Waals surface area contributed by atoms with E-state index in [1.807, 2.05) is 25.1 Å². The van der Waals surface area contributed by atoms with Gasteiger partial charge in [-0.15, -0.1) is 6.58 Å². The van der Waals surface area contributed by atoms with Crippen molar-refractivity contribution in [1.82, 2.24) is 4.57 Å². The molecule has 4 nitrogen and oxygen atoms in total. The topological polar surface area (TPSA) is 51.5 Å². The molecule has 1 aromatic carbocycles. The molecule has 1 aliphatic heterocycles. The maximum atomic E-state index is 11.3. The minimum atomic E-state index is -0.847. The maximum absolute atomic E-state index is 11.3. The molecule has 0 fully saturated rings. The number of nitrogens with zero attached hydrogens (tertiary/aromatic N) is 1. The molecule has 0 saturated carbocycles. The Kier molecular flexibility index (Phi) is 3.33. The summed E-state index contributed by atoms with van der Waals surface area (Å²) in [6.07, 6.45) is 2.62. The zero-order valence-electron chi connectivity index (χ0n) is 12.1. The molecule has 0 radical (unpaired) electrons. The Labute approximate surface area is 123 Å². The second-order valence-corrected chi connectivity index (χ2v) is 5.64. The molecule has 1 aliphatic rings. The van der Waals surface area contributed by atoms with Gasteiger partial charge in [-0.3, -0.25) is 4.79 Å². The number of aliphatic carboxylic acids is 1. The molecule has 1 aromatic heterocycles. The monoisotopic (exact) mass is 285 g/mol. The van der Waals surface area contributed by atoms with Gasteiger partial charge in [0.05, 0.1) is 18.7 Å². The van der Waals surface area contributed by atoms with Gasteiger partial charge in [0.25, 0.3) is 0 Å². The van der Waals surface area contributed by atoms with Crippen LogP contribution in [0, 0.1) is 0 Å². The second kappa shape index (κ2) is 5.04. The predicted molar refractivity (Wildman–Crippen MR) is 81.4 cm³/mol. The first kappa shape index (κ1) is 13.9. The van der Waals surface area contributed by atoms with Crippen LogP contribution in [0.4, 0.5) is 0 Å². The first-order valence-corrected chi connectivity index (χ1v) is 7.14. The Balaban J connectivity index is 2.30. The number of allylic oxidation sites excluding steroid dienone is 1. The Hall–Kier alpha value is -2.07. The fourth-order valence-electron chi connectivity index (χ4n) is 3.42. The molecule has 2 aromatic rings. The standard InChI is InChI=1S/C17H19NO3/c1-3-9-18-14-7-5-4-6-12(14)13-8-10-21-17(2,16(13)18)11-15(19)20/h3-7H,1,8-11H2,2H3,(H,19,20). The number of fused-ring (bicyclic) bond motifs is 3. The minimum absolute atomic E-state index is 0.0343. The smallest absolute Gasteiger partial charge is 0.306 e. The third-order valence-corrected chi connectivity index (χ3v) is 4.15. The molecule has 0 spiro atoms. The van der Waals surface area contributed by atoms with Crippen LogP contribution >= 0.6 is 0 Å². The summed E-state index contributed by atoms with van der Waals surface area (Å²) in [5.41, 5.74) is 2.52. The number of carbonyl (C=O) groups is 1. The van der Waals surface area contributed by atoms with E-state index < -0.39 is 11.6 Å². The van der Waals surface area contributed by atoms with Crippen LogP contribution in [0.15, 0.2) is 36.9 Å². The average Bonchev–Trinajstić information content (AvgIpc) is 2.75. The van der Waals surface area contributed by atoms with E-state index in [9.17, 15) is 9.90 Å². The zero-order chi connectivity index (χ0) is 15.0. The van der Waals surface area contributed by atoms with E-state index >= 15 is 0 Å². The van der Waals surface area contributed by atoms with Gasteiger partial charge >= 0.3 is 5.97 Å². The quantitative estimate of drug-likeness (QED) is 0.878. The highest BCUT2D eigenvalue weighted by molar-refractivity contribution is 5.86. The molecule has 2 heterocycles. The molecule has 1 unspecified atom stereocenters. The van der Waals surface area contributed by atoms with Crippen LogP contribution < -0.4 is 0 Å². The van der Waals surface area contributed by atoms with Crippen molar-refractivity contribution in [2.24, 2.45) is 0 Å². The molecule has 0 saturated heterocycles. The lowest BCUT2D eigenvalue weighted by Gasteiger charge is -2.34. The van der Waals surface area contributed by atoms with Crippen LogP contribution in [0.3, 0.4) is 0 Å². The summed E-state index contributed by atoms with van der Waals surface area (Å²) >= 11 is 0. The Morgan fingerprint density at radius 1 is 1.52 bits per heavy atom. The van der Waals surface area contributed by atoms with Gasteiger partial charge < -0.3 is 14.4 Å². The van der Waals surface area contributed by atoms with Gasteiger partial charge in [-0.1, -0.05) is 24.3 Å². The van der Waals surface area contributed by atoms with Crippen LogP contribution in [-0.2, 0) is 28.1 Å². The van der Waals surface area contributed by atoms with Crippen molar-refractivity contribution in [3.63, 3.8) is 0 Å². The number of hydrogen-bond donors (Lipinski definition) is 1. The number of aromatic nitrogens is 1. The molecule has 4 heteroatoms. The molecule has 21 heavy (non-hydrogen) atoms. The van der Waals surface area contributed by atoms with Crippen molar-refractivity contribution in [3.8, 4) is 0 Å². The third-order valence-electron chi connectivity index (χ3n) is 4.15. The van der Waals surface area contributed by atoms with E-state index in [2.05, 4.69) is 23.3 Å². The number of carboxylic acid groups (broad SMARTS) is 1. The SMILES string of the molecule is C=CCn1c2c(c3ccccc31)CCOC2(C)CC(=O)O. The predicted octanol–water partition coefficient (Wildman–Crippen LogP) is 3.09. The van der Waals surface area contributed by atoms with Crippen molar-refractivity contribution >= 4 is 16.9 Å². The van der Waals surface area contributed by atoms with Gasteiger partial charge in [-0.25, -0.2) is 0 Å². The lowest BCUT2D eigenvalue weighted by molar-refractivity contribution is -0.146. The van der Waals surface area contributed by atoms with Crippen LogP contribution in [0.5, 0.6) is 0 Å². The third kappa shape index (κ3) is 2.16. The summed E-state index contributed by atoms with van der Waals surface area (Å²) in [5.74, 6) is -0.847. The molecule has 1 N–H and O–H groups in total. The number of carboxylic acids is 1. The van der Waals surface area contributed by atoms with Crippen LogP contribution in [0.2, 0.25) is 0 Å². The van der Waals surface area contributed by atoms with Crippen molar-refractivity contribution in [2.75, 3.05) is 6.61 Å². The fraction of sp³-hybridized carbons (Fsp3) is 0.353. The fourth-order valence-corrected chi connectivity index (χ4v) is 3.42. The summed E-state index contributed by atoms with van der Waals surface area (Å²) in [5, 5.41) is 10.4. The first-order valence-electron chi connectivity index (χ1n) is 7.14. The molecule has 0 bridgehead atoms. The highest BCUT2D eigenvalue weighted by Gasteiger charge is 2.39. The van der Waals surface area contributed by atoms with Crippen LogP contribution in [-0.4, -0.2) is 22.2 Å². The van der Waals surface area contributed by atoms with E-state index in [4.69, 9.17) is 4.74 Å². The van der Waals surface area contributed by atoms with Gasteiger partial charge in [0.15, 0.2) is 0 Å². The number of rotatable bonds is 4. The van der Waals surface area contributed by atoms with E-state index in [-0.39, 0.29) is 6.42 Å². The van der Waals surface area contributed by atoms with Gasteiger partial charge in [0, 0.05) is 17.4 Å². The molecule has 110 valence electrons. The lowest BCUT2D eigenvalue weighted by Crippen LogP contribution is -2.36. The molecule has 0 aliphatic carbocycles. The number of para-hydroxylation sites is 1. The maximum Gasteiger partial charge on any atom is 0.306 e. The first-order chi connectivity index (χ1) is 10.1. The van der Waals surface area contributed by atoms with Gasteiger partial charge in [-0.05, 0) is 25.0 Å². The highest BCUT2D eigenvalue weighted by Crippen LogP contribution is 2.41. The van der Waals surface area contributed by atoms with E-state index in [0.717, 1.165) is 17.6 Å². The Morgan fingerprint density at radius 2 is 2.29 bits per heavy atom. The van der Waals surface area contributed by atoms with Gasteiger partial charge in [0.2, 0.25) is 0 Å². The van der Waals surface area contributed by atoms with Crippen LogP contribution in [0.1, 0.15) is 24.6 Å². The van der Waals surface area contributed by atoms with Gasteiger partial charge in [-0.2, -0.15) is 0 Å². The van der Waals surface area contributed by atoms with Crippen molar-refractivity contribution in [3.05, 3.63) is 48.2 Å². The summed E-state index contributed by atoms with van der Waals surface area (Å²) in [4.78, 5) is 11.3. The average molecular weight is 285 g/mol. The molecule has 1 atom stereocenters. The lowest BCUT2D eigenvalue weighted by atomic mass is 9.90. The van der Waals surface area contributed by atoms with E-state index in [1.54, 1.807) is 0 Å². The molecule has 3 rings (SSSR count). The normalized spacial score (nSPS) is 21.2. The highest BCUT2D eigenvalue weighted by atomic mass is 16.5. The number of hydrogen-bond acceptors (Lipinski definition) is 2.